The third-order valence-electron chi connectivity index (χ3n) is 6.32. The molecule has 7 heteroatoms. The normalized spacial score (nSPS) is 13.4. The Labute approximate surface area is 211 Å². The molecule has 0 amide bonds. The molecule has 0 unspecified atom stereocenters. The average molecular weight is 496 g/mol. The minimum absolute atomic E-state index is 0.522. The molecular formula is C28H33NO5S. The fourth-order valence-corrected chi connectivity index (χ4v) is 5.53. The van der Waals surface area contributed by atoms with Crippen molar-refractivity contribution in [3.8, 4) is 17.2 Å². The first-order chi connectivity index (χ1) is 17.0. The van der Waals surface area contributed by atoms with Crippen LogP contribution in [0.25, 0.3) is 0 Å². The number of carbonyl (C=O) groups is 1. The smallest absolute Gasteiger partial charge is 0.161 e. The quantitative estimate of drug-likeness (QED) is 0.249. The summed E-state index contributed by atoms with van der Waals surface area (Å²) in [7, 11) is 3.30. The number of benzene rings is 2. The molecule has 2 heterocycles. The Morgan fingerprint density at radius 3 is 2.49 bits per heavy atom. The predicted octanol–water partition coefficient (Wildman–Crippen LogP) is 5.73. The molecule has 1 aliphatic heterocycles. The van der Waals surface area contributed by atoms with E-state index in [1.807, 2.05) is 32.0 Å². The molecule has 1 aromatic heterocycles. The fraction of sp³-hybridized carbons (Fsp3) is 0.393. The minimum atomic E-state index is 0.522. The first-order valence-electron chi connectivity index (χ1n) is 11.9. The Bertz CT molecular complexity index is 1170. The summed E-state index contributed by atoms with van der Waals surface area (Å²) in [5.41, 5.74) is 4.95. The Balaban J connectivity index is 1.50. The molecule has 3 aromatic rings. The second kappa shape index (κ2) is 11.7. The van der Waals surface area contributed by atoms with Crippen LogP contribution in [-0.4, -0.2) is 38.0 Å². The van der Waals surface area contributed by atoms with Crippen molar-refractivity contribution in [2.45, 2.75) is 51.0 Å². The van der Waals surface area contributed by atoms with Crippen LogP contribution in [0.4, 0.5) is 0 Å². The summed E-state index contributed by atoms with van der Waals surface area (Å²) < 4.78 is 25.1. The number of carbonyl (C=O) groups excluding carboxylic acids is 1. The van der Waals surface area contributed by atoms with Crippen LogP contribution in [0.2, 0.25) is 0 Å². The Kier molecular flexibility index (Phi) is 8.42. The Morgan fingerprint density at radius 1 is 0.971 bits per heavy atom. The van der Waals surface area contributed by atoms with Gasteiger partial charge in [-0.15, -0.1) is 0 Å². The molecule has 35 heavy (non-hydrogen) atoms. The van der Waals surface area contributed by atoms with E-state index in [9.17, 15) is 4.79 Å². The van der Waals surface area contributed by atoms with E-state index >= 15 is 0 Å². The zero-order valence-corrected chi connectivity index (χ0v) is 21.7. The van der Waals surface area contributed by atoms with Gasteiger partial charge in [-0.1, -0.05) is 6.07 Å². The number of fused-ring (bicyclic) bond motifs is 1. The lowest BCUT2D eigenvalue weighted by Gasteiger charge is -2.30. The van der Waals surface area contributed by atoms with E-state index in [1.165, 1.54) is 22.3 Å². The van der Waals surface area contributed by atoms with Crippen molar-refractivity contribution in [1.29, 1.82) is 0 Å². The topological polar surface area (TPSA) is 61.1 Å². The molecule has 0 N–H and O–H groups in total. The number of hydrogen-bond acceptors (Lipinski definition) is 7. The first kappa shape index (κ1) is 25.2. The van der Waals surface area contributed by atoms with Gasteiger partial charge in [-0.3, -0.25) is 0 Å². The SMILES string of the molecule is COc1ccc(SN2CCc3c(OCCc4cc(C)oc4C)ccc(CCC=O)c3C2)cc1OC. The largest absolute Gasteiger partial charge is 0.493 e. The molecule has 0 saturated carbocycles. The number of methoxy groups -OCH3 is 2. The van der Waals surface area contributed by atoms with Crippen molar-refractivity contribution in [3.05, 3.63) is 70.2 Å². The zero-order chi connectivity index (χ0) is 24.8. The molecule has 0 atom stereocenters. The van der Waals surface area contributed by atoms with Gasteiger partial charge in [0.1, 0.15) is 23.6 Å². The van der Waals surface area contributed by atoms with E-state index in [-0.39, 0.29) is 0 Å². The Morgan fingerprint density at radius 2 is 1.77 bits per heavy atom. The average Bonchev–Trinajstić information content (AvgIpc) is 3.19. The number of ether oxygens (including phenoxy) is 3. The van der Waals surface area contributed by atoms with Gasteiger partial charge in [0, 0.05) is 36.4 Å². The highest BCUT2D eigenvalue weighted by atomic mass is 32.2. The third kappa shape index (κ3) is 6.03. The number of nitrogens with zero attached hydrogens (tertiary/aromatic N) is 1. The first-order valence-corrected chi connectivity index (χ1v) is 12.7. The lowest BCUT2D eigenvalue weighted by molar-refractivity contribution is -0.107. The van der Waals surface area contributed by atoms with E-state index < -0.39 is 0 Å². The van der Waals surface area contributed by atoms with E-state index in [0.717, 1.165) is 72.3 Å². The molecule has 1 aliphatic rings. The van der Waals surface area contributed by atoms with Crippen LogP contribution >= 0.6 is 11.9 Å². The lowest BCUT2D eigenvalue weighted by Crippen LogP contribution is -2.26. The molecule has 186 valence electrons. The molecule has 0 aliphatic carbocycles. The van der Waals surface area contributed by atoms with Crippen LogP contribution in [0.3, 0.4) is 0 Å². The van der Waals surface area contributed by atoms with Crippen LogP contribution < -0.4 is 14.2 Å². The van der Waals surface area contributed by atoms with Crippen molar-refractivity contribution in [3.63, 3.8) is 0 Å². The molecule has 0 saturated heterocycles. The maximum absolute atomic E-state index is 11.1. The third-order valence-corrected chi connectivity index (χ3v) is 7.36. The van der Waals surface area contributed by atoms with Gasteiger partial charge in [0.05, 0.1) is 20.8 Å². The zero-order valence-electron chi connectivity index (χ0n) is 20.9. The maximum atomic E-state index is 11.1. The second-order valence-electron chi connectivity index (χ2n) is 8.64. The maximum Gasteiger partial charge on any atom is 0.161 e. The number of furan rings is 1. The molecule has 0 radical (unpaired) electrons. The van der Waals surface area contributed by atoms with Gasteiger partial charge >= 0.3 is 0 Å². The van der Waals surface area contributed by atoms with E-state index in [4.69, 9.17) is 18.6 Å². The fourth-order valence-electron chi connectivity index (χ4n) is 4.57. The summed E-state index contributed by atoms with van der Waals surface area (Å²) in [6.45, 7) is 6.26. The highest BCUT2D eigenvalue weighted by Crippen LogP contribution is 2.38. The highest BCUT2D eigenvalue weighted by molar-refractivity contribution is 7.97. The molecule has 0 bridgehead atoms. The van der Waals surface area contributed by atoms with Crippen molar-refractivity contribution >= 4 is 18.2 Å². The summed E-state index contributed by atoms with van der Waals surface area (Å²) in [5.74, 6) is 4.28. The molecule has 4 rings (SSSR count). The van der Waals surface area contributed by atoms with Gasteiger partial charge in [0.15, 0.2) is 11.5 Å². The van der Waals surface area contributed by atoms with Crippen LogP contribution in [0, 0.1) is 13.8 Å². The summed E-state index contributed by atoms with van der Waals surface area (Å²) in [6.07, 6.45) is 3.96. The van der Waals surface area contributed by atoms with Crippen LogP contribution in [0.15, 0.2) is 45.7 Å². The van der Waals surface area contributed by atoms with E-state index in [2.05, 4.69) is 22.5 Å². The summed E-state index contributed by atoms with van der Waals surface area (Å²) in [5, 5.41) is 0. The monoisotopic (exact) mass is 495 g/mol. The van der Waals surface area contributed by atoms with Crippen LogP contribution in [0.1, 0.15) is 40.2 Å². The van der Waals surface area contributed by atoms with Crippen LogP contribution in [-0.2, 0) is 30.6 Å². The number of rotatable bonds is 11. The molecule has 2 aromatic carbocycles. The number of aldehydes is 1. The molecule has 0 spiro atoms. The molecule has 0 fully saturated rings. The van der Waals surface area contributed by atoms with Gasteiger partial charge < -0.3 is 23.4 Å². The van der Waals surface area contributed by atoms with Gasteiger partial charge in [-0.25, -0.2) is 4.31 Å². The Hall–Kier alpha value is -2.90. The summed E-state index contributed by atoms with van der Waals surface area (Å²) in [4.78, 5) is 12.2. The van der Waals surface area contributed by atoms with Gasteiger partial charge in [-0.05, 0) is 85.7 Å². The second-order valence-corrected chi connectivity index (χ2v) is 9.81. The summed E-state index contributed by atoms with van der Waals surface area (Å²) >= 11 is 1.71. The van der Waals surface area contributed by atoms with Crippen molar-refractivity contribution in [1.82, 2.24) is 4.31 Å². The van der Waals surface area contributed by atoms with Crippen molar-refractivity contribution in [2.24, 2.45) is 0 Å². The van der Waals surface area contributed by atoms with E-state index in [1.54, 1.807) is 26.2 Å². The molecule has 6 nitrogen and oxygen atoms in total. The minimum Gasteiger partial charge on any atom is -0.493 e. The van der Waals surface area contributed by atoms with Gasteiger partial charge in [-0.2, -0.15) is 0 Å². The summed E-state index contributed by atoms with van der Waals surface area (Å²) in [6, 6.07) is 12.3. The predicted molar refractivity (Wildman–Crippen MR) is 138 cm³/mol. The number of aryl methyl sites for hydroxylation is 3. The van der Waals surface area contributed by atoms with Crippen molar-refractivity contribution in [2.75, 3.05) is 27.4 Å². The number of hydrogen-bond donors (Lipinski definition) is 0. The standard InChI is InChI=1S/C28H33NO5S/c1-19-16-22(20(2)34-19)12-15-33-26-9-7-21(6-5-14-30)25-18-29(13-11-24(25)26)35-23-8-10-27(31-3)28(17-23)32-4/h7-10,14,16-17H,5-6,11-13,15,18H2,1-4H3. The van der Waals surface area contributed by atoms with Gasteiger partial charge in [0.2, 0.25) is 0 Å². The van der Waals surface area contributed by atoms with Crippen molar-refractivity contribution < 1.29 is 23.4 Å². The van der Waals surface area contributed by atoms with Crippen LogP contribution in [0.5, 0.6) is 17.2 Å². The molecular weight excluding hydrogens is 462 g/mol. The highest BCUT2D eigenvalue weighted by Gasteiger charge is 2.24. The van der Waals surface area contributed by atoms with Gasteiger partial charge in [0.25, 0.3) is 0 Å². The lowest BCUT2D eigenvalue weighted by atomic mass is 9.92. The van der Waals surface area contributed by atoms with E-state index in [0.29, 0.717) is 13.0 Å².